The van der Waals surface area contributed by atoms with Crippen LogP contribution in [0, 0.1) is 0 Å². The number of carbonyl (C=O) groups is 1. The summed E-state index contributed by atoms with van der Waals surface area (Å²) >= 11 is 0. The fourth-order valence-corrected chi connectivity index (χ4v) is 9.44. The first-order valence-corrected chi connectivity index (χ1v) is 10.3. The van der Waals surface area contributed by atoms with Crippen molar-refractivity contribution in [3.63, 3.8) is 0 Å². The maximum Gasteiger partial charge on any atom is 0.509 e. The fraction of sp³-hybridized carbons (Fsp3) is 0.812. The van der Waals surface area contributed by atoms with Crippen molar-refractivity contribution in [2.75, 3.05) is 6.61 Å². The van der Waals surface area contributed by atoms with Gasteiger partial charge in [-0.2, -0.15) is 0 Å². The minimum absolute atomic E-state index is 0.301. The second-order valence-electron chi connectivity index (χ2n) is 7.05. The van der Waals surface area contributed by atoms with Gasteiger partial charge in [0.05, 0.1) is 12.9 Å². The van der Waals surface area contributed by atoms with Gasteiger partial charge in [0, 0.05) is 0 Å². The van der Waals surface area contributed by atoms with E-state index in [0.717, 1.165) is 0 Å². The molecule has 2 rings (SSSR count). The van der Waals surface area contributed by atoms with Crippen LogP contribution in [-0.4, -0.2) is 39.4 Å². The predicted octanol–water partition coefficient (Wildman–Crippen LogP) is 4.00. The zero-order chi connectivity index (χ0) is 16.5. The molecule has 0 aliphatic carbocycles. The second-order valence-corrected chi connectivity index (χ2v) is 12.5. The van der Waals surface area contributed by atoms with Crippen LogP contribution in [0.15, 0.2) is 12.3 Å². The summed E-state index contributed by atoms with van der Waals surface area (Å²) in [7, 11) is -1.96. The van der Waals surface area contributed by atoms with Gasteiger partial charge < -0.3 is 18.6 Å². The summed E-state index contributed by atoms with van der Waals surface area (Å²) in [6.45, 7) is 13.9. The van der Waals surface area contributed by atoms with E-state index in [9.17, 15) is 4.79 Å². The van der Waals surface area contributed by atoms with Crippen LogP contribution < -0.4 is 0 Å². The maximum absolute atomic E-state index is 11.3. The van der Waals surface area contributed by atoms with Crippen LogP contribution >= 0.6 is 0 Å². The molecule has 1 fully saturated rings. The van der Waals surface area contributed by atoms with Gasteiger partial charge in [-0.3, -0.25) is 0 Å². The minimum atomic E-state index is -1.96. The van der Waals surface area contributed by atoms with E-state index in [1.165, 1.54) is 0 Å². The maximum atomic E-state index is 11.3. The van der Waals surface area contributed by atoms with E-state index in [-0.39, 0.29) is 12.2 Å². The molecule has 126 valence electrons. The Kier molecular flexibility index (Phi) is 5.22. The quantitative estimate of drug-likeness (QED) is 0.545. The van der Waals surface area contributed by atoms with Crippen LogP contribution in [0.2, 0.25) is 16.6 Å². The van der Waals surface area contributed by atoms with Crippen LogP contribution in [0.4, 0.5) is 4.79 Å². The van der Waals surface area contributed by atoms with Crippen molar-refractivity contribution in [1.82, 2.24) is 0 Å². The largest absolute Gasteiger partial charge is 0.509 e. The van der Waals surface area contributed by atoms with Gasteiger partial charge in [0.1, 0.15) is 0 Å². The first kappa shape index (κ1) is 17.3. The topological polar surface area (TPSA) is 54.0 Å². The number of hydrogen-bond acceptors (Lipinski definition) is 5. The van der Waals surface area contributed by atoms with Crippen LogP contribution in [0.1, 0.15) is 41.5 Å². The lowest BCUT2D eigenvalue weighted by Crippen LogP contribution is -2.51. The molecule has 2 aliphatic heterocycles. The molecule has 0 amide bonds. The van der Waals surface area contributed by atoms with Crippen molar-refractivity contribution in [3.8, 4) is 0 Å². The lowest BCUT2D eigenvalue weighted by atomic mass is 10.1. The van der Waals surface area contributed by atoms with E-state index in [2.05, 4.69) is 41.5 Å². The molecule has 2 unspecified atom stereocenters. The summed E-state index contributed by atoms with van der Waals surface area (Å²) in [6.07, 6.45) is 1.60. The van der Waals surface area contributed by atoms with Gasteiger partial charge in [0.15, 0.2) is 18.3 Å². The Morgan fingerprint density at radius 2 is 1.68 bits per heavy atom. The van der Waals surface area contributed by atoms with E-state index in [4.69, 9.17) is 18.6 Å². The minimum Gasteiger partial charge on any atom is -0.492 e. The van der Waals surface area contributed by atoms with Crippen LogP contribution in [-0.2, 0) is 18.6 Å². The molecule has 0 radical (unpaired) electrons. The van der Waals surface area contributed by atoms with E-state index >= 15 is 0 Å². The highest BCUT2D eigenvalue weighted by molar-refractivity contribution is 6.77. The second kappa shape index (κ2) is 6.62. The van der Waals surface area contributed by atoms with Crippen molar-refractivity contribution in [2.24, 2.45) is 0 Å². The standard InChI is InChI=1S/C16H28O5Si/c1-10(2)22(11(3)4,12(5)6)19-9-14-15-13(7-8-18-14)20-16(17)21-15/h7-8,10-15H,9H2,1-6H3/t13?,14?,15-/m1/s1. The van der Waals surface area contributed by atoms with E-state index < -0.39 is 20.6 Å². The molecule has 5 nitrogen and oxygen atoms in total. The lowest BCUT2D eigenvalue weighted by Gasteiger charge is -2.43. The van der Waals surface area contributed by atoms with E-state index in [1.54, 1.807) is 12.3 Å². The van der Waals surface area contributed by atoms with Gasteiger partial charge in [0.25, 0.3) is 0 Å². The zero-order valence-electron chi connectivity index (χ0n) is 14.4. The Morgan fingerprint density at radius 3 is 2.23 bits per heavy atom. The lowest BCUT2D eigenvalue weighted by molar-refractivity contribution is -0.0288. The molecule has 1 saturated heterocycles. The van der Waals surface area contributed by atoms with Gasteiger partial charge in [-0.25, -0.2) is 4.79 Å². The highest BCUT2D eigenvalue weighted by atomic mass is 28.4. The summed E-state index contributed by atoms with van der Waals surface area (Å²) in [5.41, 5.74) is 1.51. The van der Waals surface area contributed by atoms with Gasteiger partial charge in [-0.15, -0.1) is 0 Å². The molecule has 6 heteroatoms. The summed E-state index contributed by atoms with van der Waals surface area (Å²) in [6, 6.07) is 0. The van der Waals surface area contributed by atoms with E-state index in [1.807, 2.05) is 0 Å². The van der Waals surface area contributed by atoms with Crippen molar-refractivity contribution in [2.45, 2.75) is 76.5 Å². The Hall–Kier alpha value is -1.01. The average molecular weight is 328 g/mol. The van der Waals surface area contributed by atoms with Crippen molar-refractivity contribution >= 4 is 14.5 Å². The van der Waals surface area contributed by atoms with Gasteiger partial charge in [0.2, 0.25) is 8.32 Å². The van der Waals surface area contributed by atoms with Crippen molar-refractivity contribution in [1.29, 1.82) is 0 Å². The molecule has 0 aromatic rings. The summed E-state index contributed by atoms with van der Waals surface area (Å²) in [5.74, 6) is 0. The summed E-state index contributed by atoms with van der Waals surface area (Å²) < 4.78 is 22.5. The number of fused-ring (bicyclic) bond motifs is 1. The first-order chi connectivity index (χ1) is 10.3. The normalized spacial score (nSPS) is 27.9. The number of rotatable bonds is 6. The fourth-order valence-electron chi connectivity index (χ4n) is 3.98. The number of hydrogen-bond donors (Lipinski definition) is 0. The first-order valence-electron chi connectivity index (χ1n) is 8.12. The molecule has 0 saturated carbocycles. The average Bonchev–Trinajstić information content (AvgIpc) is 2.79. The molecule has 3 atom stereocenters. The SMILES string of the molecule is CC(C)[Si](OCC1OC=CC2OC(=O)O[C@H]21)(C(C)C)C(C)C. The Balaban J connectivity index is 2.09. The molecular formula is C16H28O5Si. The predicted molar refractivity (Wildman–Crippen MR) is 86.2 cm³/mol. The molecular weight excluding hydrogens is 300 g/mol. The molecule has 0 aromatic heterocycles. The molecule has 0 spiro atoms. The van der Waals surface area contributed by atoms with Crippen molar-refractivity contribution < 1.29 is 23.4 Å². The Bertz CT molecular complexity index is 410. The third-order valence-electron chi connectivity index (χ3n) is 4.88. The molecule has 2 heterocycles. The highest BCUT2D eigenvalue weighted by Crippen LogP contribution is 2.42. The third-order valence-corrected chi connectivity index (χ3v) is 11.0. The van der Waals surface area contributed by atoms with Crippen LogP contribution in [0.25, 0.3) is 0 Å². The number of carbonyl (C=O) groups excluding carboxylic acids is 1. The number of ether oxygens (including phenoxy) is 3. The highest BCUT2D eigenvalue weighted by Gasteiger charge is 2.48. The van der Waals surface area contributed by atoms with Crippen LogP contribution in [0.3, 0.4) is 0 Å². The zero-order valence-corrected chi connectivity index (χ0v) is 15.4. The Labute approximate surface area is 134 Å². The van der Waals surface area contributed by atoms with Crippen molar-refractivity contribution in [3.05, 3.63) is 12.3 Å². The van der Waals surface area contributed by atoms with Crippen LogP contribution in [0.5, 0.6) is 0 Å². The summed E-state index contributed by atoms with van der Waals surface area (Å²) in [5, 5.41) is 0. The third kappa shape index (κ3) is 3.04. The monoisotopic (exact) mass is 328 g/mol. The van der Waals surface area contributed by atoms with E-state index in [0.29, 0.717) is 23.2 Å². The molecule has 0 N–H and O–H groups in total. The summed E-state index contributed by atoms with van der Waals surface area (Å²) in [4.78, 5) is 11.3. The smallest absolute Gasteiger partial charge is 0.492 e. The molecule has 22 heavy (non-hydrogen) atoms. The Morgan fingerprint density at radius 1 is 1.09 bits per heavy atom. The van der Waals surface area contributed by atoms with Gasteiger partial charge in [-0.1, -0.05) is 41.5 Å². The molecule has 2 aliphatic rings. The molecule has 0 bridgehead atoms. The molecule has 0 aromatic carbocycles. The van der Waals surface area contributed by atoms with Gasteiger partial charge >= 0.3 is 6.16 Å². The van der Waals surface area contributed by atoms with Gasteiger partial charge in [-0.05, 0) is 22.7 Å².